The van der Waals surface area contributed by atoms with Gasteiger partial charge in [0.05, 0.1) is 16.7 Å². The van der Waals surface area contributed by atoms with Gasteiger partial charge in [0.15, 0.2) is 11.4 Å². The summed E-state index contributed by atoms with van der Waals surface area (Å²) in [5.41, 5.74) is 1.34. The van der Waals surface area contributed by atoms with E-state index in [0.29, 0.717) is 10.6 Å². The number of rotatable bonds is 4. The van der Waals surface area contributed by atoms with Gasteiger partial charge in [-0.15, -0.1) is 0 Å². The molecular weight excluding hydrogens is 236 g/mol. The summed E-state index contributed by atoms with van der Waals surface area (Å²) in [5.74, 6) is 0. The van der Waals surface area contributed by atoms with Gasteiger partial charge in [-0.25, -0.2) is 0 Å². The standard InChI is InChI=1S/C13H11ClN2O/c14-15(11-12-7-3-1-4-8-12)16(17)13-9-5-2-6-10-13/h1-11H/q+1. The van der Waals surface area contributed by atoms with Crippen LogP contribution in [0.2, 0.25) is 0 Å². The van der Waals surface area contributed by atoms with Crippen molar-refractivity contribution in [2.45, 2.75) is 0 Å². The average molecular weight is 247 g/mol. The van der Waals surface area contributed by atoms with E-state index in [0.717, 1.165) is 10.1 Å². The lowest BCUT2D eigenvalue weighted by atomic mass is 10.2. The molecule has 0 bridgehead atoms. The van der Waals surface area contributed by atoms with Crippen LogP contribution in [0.15, 0.2) is 60.7 Å². The maximum atomic E-state index is 11.8. The molecule has 85 valence electrons. The summed E-state index contributed by atoms with van der Waals surface area (Å²) in [6, 6.07) is 18.2. The molecule has 0 unspecified atom stereocenters. The van der Waals surface area contributed by atoms with Crippen LogP contribution in [0, 0.1) is 11.5 Å². The summed E-state index contributed by atoms with van der Waals surface area (Å²) >= 11 is 5.89. The maximum Gasteiger partial charge on any atom is 0.293 e. The Balaban J connectivity index is 2.06. The number of hydrazine groups is 1. The molecule has 0 heterocycles. The first-order valence-corrected chi connectivity index (χ1v) is 5.48. The molecule has 4 heteroatoms. The normalized spacial score (nSPS) is 9.94. The summed E-state index contributed by atoms with van der Waals surface area (Å²) in [6.45, 7) is 1.56. The summed E-state index contributed by atoms with van der Waals surface area (Å²) in [4.78, 5) is 12.4. The molecule has 0 saturated carbocycles. The summed E-state index contributed by atoms with van der Waals surface area (Å²) < 4.78 is 0.991. The molecule has 0 N–H and O–H groups in total. The molecule has 2 aromatic rings. The number of nitrogens with zero attached hydrogens (tertiary/aromatic N) is 2. The van der Waals surface area contributed by atoms with E-state index >= 15 is 0 Å². The summed E-state index contributed by atoms with van der Waals surface area (Å²) in [6.07, 6.45) is 0. The van der Waals surface area contributed by atoms with Gasteiger partial charge in [0.25, 0.3) is 5.69 Å². The van der Waals surface area contributed by atoms with Crippen molar-refractivity contribution in [3.05, 3.63) is 77.7 Å². The van der Waals surface area contributed by atoms with Gasteiger partial charge in [0.2, 0.25) is 0 Å². The second-order valence-electron chi connectivity index (χ2n) is 3.44. The van der Waals surface area contributed by atoms with E-state index in [-0.39, 0.29) is 0 Å². The van der Waals surface area contributed by atoms with Gasteiger partial charge >= 0.3 is 0 Å². The molecule has 0 aliphatic rings. The van der Waals surface area contributed by atoms with E-state index in [1.807, 2.05) is 36.4 Å². The number of hydrogen-bond acceptors (Lipinski definition) is 1. The molecule has 3 nitrogen and oxygen atoms in total. The van der Waals surface area contributed by atoms with Gasteiger partial charge in [-0.2, -0.15) is 0 Å². The van der Waals surface area contributed by atoms with E-state index < -0.39 is 0 Å². The van der Waals surface area contributed by atoms with Crippen LogP contribution in [0.5, 0.6) is 0 Å². The minimum absolute atomic E-state index is 0.481. The van der Waals surface area contributed by atoms with Crippen LogP contribution in [0.3, 0.4) is 0 Å². The average Bonchev–Trinajstić information content (AvgIpc) is 2.40. The molecule has 17 heavy (non-hydrogen) atoms. The Morgan fingerprint density at radius 3 is 2.06 bits per heavy atom. The summed E-state index contributed by atoms with van der Waals surface area (Å²) in [7, 11) is 0. The lowest BCUT2D eigenvalue weighted by molar-refractivity contribution is -0.597. The molecule has 1 radical (unpaired) electrons. The fourth-order valence-corrected chi connectivity index (χ4v) is 1.58. The van der Waals surface area contributed by atoms with Crippen LogP contribution in [-0.4, -0.2) is 9.40 Å². The third kappa shape index (κ3) is 3.04. The lowest BCUT2D eigenvalue weighted by Gasteiger charge is -2.04. The Morgan fingerprint density at radius 2 is 1.47 bits per heavy atom. The Morgan fingerprint density at radius 1 is 0.941 bits per heavy atom. The Kier molecular flexibility index (Phi) is 3.73. The Bertz CT molecular complexity index is 487. The van der Waals surface area contributed by atoms with Crippen molar-refractivity contribution in [3.8, 4) is 0 Å². The molecular formula is C13H11ClN2O+. The number of halogens is 1. The fraction of sp³-hybridized carbons (Fsp3) is 0. The van der Waals surface area contributed by atoms with Crippen LogP contribution in [-0.2, 0) is 0 Å². The molecule has 0 aliphatic heterocycles. The van der Waals surface area contributed by atoms with Crippen molar-refractivity contribution in [2.75, 3.05) is 0 Å². The molecule has 0 aliphatic carbocycles. The quantitative estimate of drug-likeness (QED) is 0.467. The third-order valence-corrected chi connectivity index (χ3v) is 2.44. The first kappa shape index (κ1) is 11.6. The molecule has 0 atom stereocenters. The molecule has 0 aromatic heterocycles. The SMILES string of the molecule is O=[N+](c1ccccc1)N(Cl)[CH]c1ccccc1. The minimum Gasteiger partial charge on any atom is -0.0622 e. The summed E-state index contributed by atoms with van der Waals surface area (Å²) in [5, 5.41) is 0. The highest BCUT2D eigenvalue weighted by Gasteiger charge is 2.22. The van der Waals surface area contributed by atoms with Crippen LogP contribution in [0.1, 0.15) is 5.56 Å². The molecule has 0 spiro atoms. The second-order valence-corrected chi connectivity index (χ2v) is 3.78. The highest BCUT2D eigenvalue weighted by atomic mass is 35.5. The van der Waals surface area contributed by atoms with Gasteiger partial charge < -0.3 is 0 Å². The number of hydrogen-bond donors (Lipinski definition) is 0. The van der Waals surface area contributed by atoms with Crippen molar-refractivity contribution in [1.82, 2.24) is 4.53 Å². The molecule has 0 saturated heterocycles. The van der Waals surface area contributed by atoms with Crippen LogP contribution >= 0.6 is 11.8 Å². The maximum absolute atomic E-state index is 11.8. The second kappa shape index (κ2) is 5.46. The molecule has 0 amide bonds. The zero-order valence-corrected chi connectivity index (χ0v) is 9.79. The van der Waals surface area contributed by atoms with Gasteiger partial charge in [-0.1, -0.05) is 48.5 Å². The predicted octanol–water partition coefficient (Wildman–Crippen LogP) is 3.68. The monoisotopic (exact) mass is 246 g/mol. The van der Waals surface area contributed by atoms with E-state index in [2.05, 4.69) is 0 Å². The van der Waals surface area contributed by atoms with Gasteiger partial charge in [0.1, 0.15) is 0 Å². The first-order chi connectivity index (χ1) is 8.27. The fourth-order valence-electron chi connectivity index (χ4n) is 1.38. The Labute approximate surface area is 105 Å². The van der Waals surface area contributed by atoms with Gasteiger partial charge in [-0.3, -0.25) is 0 Å². The van der Waals surface area contributed by atoms with E-state index in [4.69, 9.17) is 11.8 Å². The van der Waals surface area contributed by atoms with Crippen molar-refractivity contribution < 1.29 is 4.87 Å². The number of para-hydroxylation sites is 1. The smallest absolute Gasteiger partial charge is 0.0622 e. The van der Waals surface area contributed by atoms with Crippen LogP contribution in [0.4, 0.5) is 5.69 Å². The van der Waals surface area contributed by atoms with Crippen LogP contribution < -0.4 is 0 Å². The van der Waals surface area contributed by atoms with Gasteiger partial charge in [0, 0.05) is 12.1 Å². The zero-order chi connectivity index (χ0) is 12.1. The highest BCUT2D eigenvalue weighted by molar-refractivity contribution is 6.13. The minimum atomic E-state index is 0.481. The number of nitroso groups, excluding NO2 is 1. The predicted molar refractivity (Wildman–Crippen MR) is 67.3 cm³/mol. The van der Waals surface area contributed by atoms with Gasteiger partial charge in [-0.05, 0) is 10.1 Å². The molecule has 2 aromatic carbocycles. The third-order valence-electron chi connectivity index (χ3n) is 2.21. The van der Waals surface area contributed by atoms with Crippen molar-refractivity contribution >= 4 is 17.5 Å². The van der Waals surface area contributed by atoms with E-state index in [9.17, 15) is 4.91 Å². The largest absolute Gasteiger partial charge is 0.293 e. The highest BCUT2D eigenvalue weighted by Crippen LogP contribution is 2.17. The number of benzene rings is 2. The lowest BCUT2D eigenvalue weighted by Crippen LogP contribution is -2.18. The Hall–Kier alpha value is -1.87. The van der Waals surface area contributed by atoms with Crippen LogP contribution in [0.25, 0.3) is 0 Å². The molecule has 2 rings (SSSR count). The molecule has 0 fully saturated rings. The topological polar surface area (TPSA) is 23.3 Å². The van der Waals surface area contributed by atoms with Crippen molar-refractivity contribution in [2.24, 2.45) is 0 Å². The zero-order valence-electron chi connectivity index (χ0n) is 9.03. The van der Waals surface area contributed by atoms with Crippen molar-refractivity contribution in [3.63, 3.8) is 0 Å². The van der Waals surface area contributed by atoms with E-state index in [1.165, 1.54) is 0 Å². The first-order valence-electron chi connectivity index (χ1n) is 5.14. The van der Waals surface area contributed by atoms with Crippen molar-refractivity contribution in [1.29, 1.82) is 0 Å². The van der Waals surface area contributed by atoms with E-state index in [1.54, 1.807) is 30.8 Å².